The summed E-state index contributed by atoms with van der Waals surface area (Å²) in [5, 5.41) is 5.80. The maximum atomic E-state index is 12.4. The van der Waals surface area contributed by atoms with E-state index in [-0.39, 0.29) is 18.0 Å². The molecule has 6 nitrogen and oxygen atoms in total. The van der Waals surface area contributed by atoms with Crippen LogP contribution < -0.4 is 10.6 Å². The Kier molecular flexibility index (Phi) is 7.55. The number of nitrogens with zero attached hydrogens (tertiary/aromatic N) is 1. The molecule has 2 rings (SSSR count). The summed E-state index contributed by atoms with van der Waals surface area (Å²) in [5.74, 6) is -0.0705. The number of rotatable bonds is 8. The van der Waals surface area contributed by atoms with E-state index in [1.54, 1.807) is 4.90 Å². The summed E-state index contributed by atoms with van der Waals surface area (Å²) < 4.78 is 5.25. The molecule has 0 saturated carbocycles. The lowest BCUT2D eigenvalue weighted by atomic mass is 10.2. The minimum absolute atomic E-state index is 0.0705. The van der Waals surface area contributed by atoms with Crippen molar-refractivity contribution in [3.63, 3.8) is 0 Å². The van der Waals surface area contributed by atoms with Crippen LogP contribution in [0.4, 0.5) is 4.79 Å². The molecule has 0 unspecified atom stereocenters. The number of urea groups is 1. The van der Waals surface area contributed by atoms with E-state index in [9.17, 15) is 9.59 Å². The Balaban J connectivity index is 1.76. The fourth-order valence-corrected chi connectivity index (χ4v) is 2.81. The summed E-state index contributed by atoms with van der Waals surface area (Å²) in [6.07, 6.45) is 2.36. The van der Waals surface area contributed by atoms with Crippen LogP contribution in [0.15, 0.2) is 30.3 Å². The molecular weight excluding hydrogens is 306 g/mol. The van der Waals surface area contributed by atoms with Gasteiger partial charge in [0.2, 0.25) is 5.91 Å². The lowest BCUT2D eigenvalue weighted by Gasteiger charge is -2.24. The van der Waals surface area contributed by atoms with Crippen LogP contribution >= 0.6 is 0 Å². The van der Waals surface area contributed by atoms with Crippen LogP contribution in [0.2, 0.25) is 0 Å². The molecule has 3 amide bonds. The molecule has 0 spiro atoms. The molecule has 1 aliphatic heterocycles. The molecular formula is C18H27N3O3. The number of carbonyl (C=O) groups excluding carboxylic acids is 2. The minimum atomic E-state index is -0.368. The van der Waals surface area contributed by atoms with E-state index in [0.29, 0.717) is 32.8 Å². The van der Waals surface area contributed by atoms with E-state index in [2.05, 4.69) is 10.6 Å². The van der Waals surface area contributed by atoms with E-state index < -0.39 is 0 Å². The second kappa shape index (κ2) is 9.93. The van der Waals surface area contributed by atoms with E-state index in [0.717, 1.165) is 24.8 Å². The summed E-state index contributed by atoms with van der Waals surface area (Å²) in [7, 11) is 0. The van der Waals surface area contributed by atoms with Crippen LogP contribution in [0.25, 0.3) is 0 Å². The van der Waals surface area contributed by atoms with Gasteiger partial charge in [0, 0.05) is 32.8 Å². The van der Waals surface area contributed by atoms with Crippen molar-refractivity contribution >= 4 is 11.9 Å². The van der Waals surface area contributed by atoms with Crippen molar-refractivity contribution in [2.45, 2.75) is 38.8 Å². The summed E-state index contributed by atoms with van der Waals surface area (Å²) in [6, 6.07) is 9.21. The quantitative estimate of drug-likeness (QED) is 0.714. The van der Waals surface area contributed by atoms with Crippen LogP contribution in [0.3, 0.4) is 0 Å². The van der Waals surface area contributed by atoms with Gasteiger partial charge < -0.3 is 20.3 Å². The number of amides is 3. The maximum absolute atomic E-state index is 12.4. The molecule has 24 heavy (non-hydrogen) atoms. The number of carbonyl (C=O) groups is 2. The third kappa shape index (κ3) is 5.53. The maximum Gasteiger partial charge on any atom is 0.318 e. The highest BCUT2D eigenvalue weighted by Gasteiger charge is 2.33. The van der Waals surface area contributed by atoms with Gasteiger partial charge in [-0.2, -0.15) is 0 Å². The highest BCUT2D eigenvalue weighted by atomic mass is 16.5. The molecule has 0 aliphatic carbocycles. The predicted octanol–water partition coefficient (Wildman–Crippen LogP) is 1.90. The summed E-state index contributed by atoms with van der Waals surface area (Å²) in [6.45, 7) is 4.95. The summed E-state index contributed by atoms with van der Waals surface area (Å²) >= 11 is 0. The molecule has 1 saturated heterocycles. The van der Waals surface area contributed by atoms with Gasteiger partial charge in [0.1, 0.15) is 6.04 Å². The van der Waals surface area contributed by atoms with E-state index in [1.165, 1.54) is 0 Å². The van der Waals surface area contributed by atoms with Crippen LogP contribution in [0.5, 0.6) is 0 Å². The van der Waals surface area contributed by atoms with E-state index in [1.807, 2.05) is 37.3 Å². The SMILES string of the molecule is CCOCCCNC(=O)[C@H]1CCCN1C(=O)NCc1ccccc1. The zero-order valence-corrected chi connectivity index (χ0v) is 14.3. The summed E-state index contributed by atoms with van der Waals surface area (Å²) in [5.41, 5.74) is 1.04. The molecule has 0 radical (unpaired) electrons. The van der Waals surface area contributed by atoms with Gasteiger partial charge in [-0.25, -0.2) is 4.79 Å². The smallest absolute Gasteiger partial charge is 0.318 e. The minimum Gasteiger partial charge on any atom is -0.382 e. The van der Waals surface area contributed by atoms with Crippen LogP contribution in [0, 0.1) is 0 Å². The van der Waals surface area contributed by atoms with Crippen molar-refractivity contribution in [3.05, 3.63) is 35.9 Å². The van der Waals surface area contributed by atoms with E-state index >= 15 is 0 Å². The molecule has 1 aromatic rings. The van der Waals surface area contributed by atoms with Gasteiger partial charge in [0.05, 0.1) is 0 Å². The van der Waals surface area contributed by atoms with Crippen molar-refractivity contribution in [1.82, 2.24) is 15.5 Å². The number of hydrogen-bond donors (Lipinski definition) is 2. The molecule has 0 bridgehead atoms. The first kappa shape index (κ1) is 18.3. The fraction of sp³-hybridized carbons (Fsp3) is 0.556. The summed E-state index contributed by atoms with van der Waals surface area (Å²) in [4.78, 5) is 26.3. The second-order valence-electron chi connectivity index (χ2n) is 5.84. The van der Waals surface area contributed by atoms with Gasteiger partial charge in [0.15, 0.2) is 0 Å². The number of hydrogen-bond acceptors (Lipinski definition) is 3. The lowest BCUT2D eigenvalue weighted by molar-refractivity contribution is -0.124. The lowest BCUT2D eigenvalue weighted by Crippen LogP contribution is -2.49. The molecule has 6 heteroatoms. The van der Waals surface area contributed by atoms with Crippen molar-refractivity contribution in [2.75, 3.05) is 26.3 Å². The van der Waals surface area contributed by atoms with Gasteiger partial charge in [-0.05, 0) is 31.7 Å². The standard InChI is InChI=1S/C18H27N3O3/c1-2-24-13-7-11-19-17(22)16-10-6-12-21(16)18(23)20-14-15-8-4-3-5-9-15/h3-5,8-9,16H,2,6-7,10-14H2,1H3,(H,19,22)(H,20,23)/t16-/m1/s1. The fourth-order valence-electron chi connectivity index (χ4n) is 2.81. The molecule has 2 N–H and O–H groups in total. The highest BCUT2D eigenvalue weighted by molar-refractivity contribution is 5.87. The highest BCUT2D eigenvalue weighted by Crippen LogP contribution is 2.17. The van der Waals surface area contributed by atoms with Crippen molar-refractivity contribution in [1.29, 1.82) is 0 Å². The third-order valence-electron chi connectivity index (χ3n) is 4.07. The number of likely N-dealkylation sites (tertiary alicyclic amines) is 1. The Bertz CT molecular complexity index is 522. The third-order valence-corrected chi connectivity index (χ3v) is 4.07. The Morgan fingerprint density at radius 2 is 2.04 bits per heavy atom. The Labute approximate surface area is 143 Å². The molecule has 1 fully saturated rings. The Hall–Kier alpha value is -2.08. The van der Waals surface area contributed by atoms with Crippen LogP contribution in [0.1, 0.15) is 31.7 Å². The zero-order chi connectivity index (χ0) is 17.2. The molecule has 1 aromatic carbocycles. The first-order valence-corrected chi connectivity index (χ1v) is 8.66. The van der Waals surface area contributed by atoms with Crippen LogP contribution in [-0.4, -0.2) is 49.2 Å². The number of benzene rings is 1. The average Bonchev–Trinajstić information content (AvgIpc) is 3.10. The van der Waals surface area contributed by atoms with Gasteiger partial charge in [-0.15, -0.1) is 0 Å². The first-order chi connectivity index (χ1) is 11.7. The number of ether oxygens (including phenoxy) is 1. The van der Waals surface area contributed by atoms with Gasteiger partial charge in [-0.1, -0.05) is 30.3 Å². The monoisotopic (exact) mass is 333 g/mol. The predicted molar refractivity (Wildman–Crippen MR) is 92.5 cm³/mol. The molecule has 1 heterocycles. The van der Waals surface area contributed by atoms with Crippen molar-refractivity contribution in [3.8, 4) is 0 Å². The van der Waals surface area contributed by atoms with Gasteiger partial charge in [-0.3, -0.25) is 4.79 Å². The number of nitrogens with one attached hydrogen (secondary N) is 2. The van der Waals surface area contributed by atoms with Crippen molar-refractivity contribution < 1.29 is 14.3 Å². The Morgan fingerprint density at radius 3 is 2.79 bits per heavy atom. The van der Waals surface area contributed by atoms with Gasteiger partial charge in [0.25, 0.3) is 0 Å². The molecule has 1 atom stereocenters. The van der Waals surface area contributed by atoms with Gasteiger partial charge >= 0.3 is 6.03 Å². The zero-order valence-electron chi connectivity index (χ0n) is 14.3. The van der Waals surface area contributed by atoms with E-state index in [4.69, 9.17) is 4.74 Å². The largest absolute Gasteiger partial charge is 0.382 e. The molecule has 0 aromatic heterocycles. The molecule has 1 aliphatic rings. The topological polar surface area (TPSA) is 70.7 Å². The molecule has 132 valence electrons. The Morgan fingerprint density at radius 1 is 1.25 bits per heavy atom. The second-order valence-corrected chi connectivity index (χ2v) is 5.84. The van der Waals surface area contributed by atoms with Crippen molar-refractivity contribution in [2.24, 2.45) is 0 Å². The van der Waals surface area contributed by atoms with Crippen LogP contribution in [-0.2, 0) is 16.1 Å². The average molecular weight is 333 g/mol. The normalized spacial score (nSPS) is 16.9. The first-order valence-electron chi connectivity index (χ1n) is 8.66.